The molecular weight excluding hydrogens is 139 g/mol. The summed E-state index contributed by atoms with van der Waals surface area (Å²) in [5, 5.41) is 0. The zero-order valence-electron chi connectivity index (χ0n) is 7.67. The van der Waals surface area contributed by atoms with Crippen LogP contribution in [0.1, 0.15) is 26.7 Å². The molecule has 1 aliphatic heterocycles. The normalized spacial score (nSPS) is 37.8. The average molecular weight is 156 g/mol. The van der Waals surface area contributed by atoms with Gasteiger partial charge in [0.25, 0.3) is 0 Å². The molecule has 0 radical (unpaired) electrons. The van der Waals surface area contributed by atoms with Crippen molar-refractivity contribution >= 4 is 7.85 Å². The maximum absolute atomic E-state index is 5.65. The molecule has 0 amide bonds. The summed E-state index contributed by atoms with van der Waals surface area (Å²) in [6.07, 6.45) is 2.81. The summed E-state index contributed by atoms with van der Waals surface area (Å²) in [5.74, 6) is 0. The molecular formula is C8H17BO2. The first-order valence-corrected chi connectivity index (χ1v) is 4.55. The Hall–Kier alpha value is -0.0151. The fourth-order valence-corrected chi connectivity index (χ4v) is 1.67. The van der Waals surface area contributed by atoms with Crippen molar-refractivity contribution in [3.8, 4) is 0 Å². The molecule has 2 nitrogen and oxygen atoms in total. The van der Waals surface area contributed by atoms with Crippen molar-refractivity contribution in [3.05, 3.63) is 0 Å². The first kappa shape index (κ1) is 9.08. The van der Waals surface area contributed by atoms with Crippen molar-refractivity contribution in [2.45, 2.75) is 44.9 Å². The van der Waals surface area contributed by atoms with Crippen LogP contribution < -0.4 is 0 Å². The molecule has 3 atom stereocenters. The van der Waals surface area contributed by atoms with Crippen molar-refractivity contribution in [1.82, 2.24) is 0 Å². The van der Waals surface area contributed by atoms with Gasteiger partial charge in [-0.1, -0.05) is 6.92 Å². The molecule has 1 aliphatic rings. The Morgan fingerprint density at radius 3 is 2.82 bits per heavy atom. The predicted molar refractivity (Wildman–Crippen MR) is 47.5 cm³/mol. The van der Waals surface area contributed by atoms with E-state index in [0.717, 1.165) is 19.4 Å². The smallest absolute Gasteiger partial charge is 0.139 e. The van der Waals surface area contributed by atoms with E-state index in [2.05, 4.69) is 14.8 Å². The Morgan fingerprint density at radius 1 is 1.55 bits per heavy atom. The maximum Gasteiger partial charge on any atom is 0.139 e. The molecule has 0 aromatic rings. The van der Waals surface area contributed by atoms with Gasteiger partial charge in [-0.3, -0.25) is 0 Å². The van der Waals surface area contributed by atoms with Crippen LogP contribution in [-0.2, 0) is 9.47 Å². The molecule has 0 spiro atoms. The first-order valence-electron chi connectivity index (χ1n) is 4.55. The molecule has 3 unspecified atom stereocenters. The van der Waals surface area contributed by atoms with Crippen molar-refractivity contribution in [2.75, 3.05) is 6.61 Å². The highest BCUT2D eigenvalue weighted by molar-refractivity contribution is 6.11. The minimum atomic E-state index is 0.338. The Kier molecular flexibility index (Phi) is 3.40. The lowest BCUT2D eigenvalue weighted by molar-refractivity contribution is -0.00943. The second-order valence-electron chi connectivity index (χ2n) is 3.12. The van der Waals surface area contributed by atoms with Gasteiger partial charge in [-0.25, -0.2) is 0 Å². The van der Waals surface area contributed by atoms with Crippen molar-refractivity contribution < 1.29 is 9.47 Å². The van der Waals surface area contributed by atoms with Crippen LogP contribution in [0.4, 0.5) is 0 Å². The Bertz CT molecular complexity index is 119. The van der Waals surface area contributed by atoms with E-state index in [0.29, 0.717) is 18.2 Å². The summed E-state index contributed by atoms with van der Waals surface area (Å²) in [6.45, 7) is 4.99. The third-order valence-corrected chi connectivity index (χ3v) is 2.17. The average Bonchev–Trinajstić information content (AvgIpc) is 2.32. The lowest BCUT2D eigenvalue weighted by Crippen LogP contribution is -2.23. The van der Waals surface area contributed by atoms with Crippen LogP contribution in [0.5, 0.6) is 0 Å². The number of rotatable bonds is 3. The van der Waals surface area contributed by atoms with Gasteiger partial charge in [0, 0.05) is 12.6 Å². The molecule has 1 rings (SSSR count). The van der Waals surface area contributed by atoms with Crippen LogP contribution in [0.3, 0.4) is 0 Å². The fourth-order valence-electron chi connectivity index (χ4n) is 1.67. The molecule has 3 heteroatoms. The summed E-state index contributed by atoms with van der Waals surface area (Å²) in [4.78, 5) is 0. The van der Waals surface area contributed by atoms with Gasteiger partial charge < -0.3 is 9.47 Å². The monoisotopic (exact) mass is 156 g/mol. The predicted octanol–water partition coefficient (Wildman–Crippen LogP) is 0.550. The van der Waals surface area contributed by atoms with Crippen molar-refractivity contribution in [3.63, 3.8) is 0 Å². The van der Waals surface area contributed by atoms with Gasteiger partial charge in [0.2, 0.25) is 0 Å². The quantitative estimate of drug-likeness (QED) is 0.555. The van der Waals surface area contributed by atoms with E-state index in [1.54, 1.807) is 0 Å². The highest BCUT2D eigenvalue weighted by Gasteiger charge is 2.31. The summed E-state index contributed by atoms with van der Waals surface area (Å²) < 4.78 is 11.2. The molecule has 11 heavy (non-hydrogen) atoms. The Balaban J connectivity index is 2.37. The van der Waals surface area contributed by atoms with Crippen LogP contribution in [0.15, 0.2) is 0 Å². The lowest BCUT2D eigenvalue weighted by Gasteiger charge is -2.15. The zero-order valence-corrected chi connectivity index (χ0v) is 7.67. The minimum absolute atomic E-state index is 0.338. The molecule has 0 N–H and O–H groups in total. The van der Waals surface area contributed by atoms with Crippen LogP contribution >= 0.6 is 0 Å². The highest BCUT2D eigenvalue weighted by atomic mass is 16.6. The third-order valence-electron chi connectivity index (χ3n) is 2.17. The first-order chi connectivity index (χ1) is 5.27. The third kappa shape index (κ3) is 2.21. The second kappa shape index (κ2) is 4.12. The molecule has 1 fully saturated rings. The Morgan fingerprint density at radius 2 is 2.27 bits per heavy atom. The van der Waals surface area contributed by atoms with Crippen molar-refractivity contribution in [2.24, 2.45) is 0 Å². The highest BCUT2D eigenvalue weighted by Crippen LogP contribution is 2.23. The van der Waals surface area contributed by atoms with Gasteiger partial charge in [0.05, 0.1) is 12.2 Å². The Labute approximate surface area is 69.7 Å². The summed E-state index contributed by atoms with van der Waals surface area (Å²) >= 11 is 0. The number of hydrogen-bond acceptors (Lipinski definition) is 2. The van der Waals surface area contributed by atoms with E-state index >= 15 is 0 Å². The second-order valence-corrected chi connectivity index (χ2v) is 3.12. The van der Waals surface area contributed by atoms with Gasteiger partial charge >= 0.3 is 0 Å². The SMILES string of the molecule is BC1CC(OCC)C(CC)O1. The van der Waals surface area contributed by atoms with Gasteiger partial charge in [-0.15, -0.1) is 0 Å². The van der Waals surface area contributed by atoms with Crippen LogP contribution in [0.2, 0.25) is 0 Å². The fraction of sp³-hybridized carbons (Fsp3) is 1.00. The number of ether oxygens (including phenoxy) is 2. The summed E-state index contributed by atoms with van der Waals surface area (Å²) in [5.41, 5.74) is 0. The van der Waals surface area contributed by atoms with Crippen molar-refractivity contribution in [1.29, 1.82) is 0 Å². The summed E-state index contributed by atoms with van der Waals surface area (Å²) in [6, 6.07) is 0.386. The molecule has 0 aromatic heterocycles. The van der Waals surface area contributed by atoms with Crippen LogP contribution in [0.25, 0.3) is 0 Å². The van der Waals surface area contributed by atoms with E-state index in [9.17, 15) is 0 Å². The molecule has 1 saturated heterocycles. The molecule has 0 saturated carbocycles. The zero-order chi connectivity index (χ0) is 8.27. The molecule has 64 valence electrons. The molecule has 0 aliphatic carbocycles. The van der Waals surface area contributed by atoms with E-state index in [4.69, 9.17) is 9.47 Å². The van der Waals surface area contributed by atoms with E-state index < -0.39 is 0 Å². The largest absolute Gasteiger partial charge is 0.381 e. The minimum Gasteiger partial charge on any atom is -0.381 e. The lowest BCUT2D eigenvalue weighted by atomic mass is 9.96. The topological polar surface area (TPSA) is 18.5 Å². The van der Waals surface area contributed by atoms with Gasteiger partial charge in [0.15, 0.2) is 0 Å². The standard InChI is InChI=1S/C8H17BO2/c1-3-6-7(10-4-2)5-8(9)11-6/h6-8H,3-5,9H2,1-2H3. The van der Waals surface area contributed by atoms with Crippen LogP contribution in [-0.4, -0.2) is 32.7 Å². The van der Waals surface area contributed by atoms with Gasteiger partial charge in [0.1, 0.15) is 7.85 Å². The van der Waals surface area contributed by atoms with E-state index in [1.807, 2.05) is 6.92 Å². The number of hydrogen-bond donors (Lipinski definition) is 0. The van der Waals surface area contributed by atoms with E-state index in [-0.39, 0.29) is 0 Å². The van der Waals surface area contributed by atoms with Gasteiger partial charge in [-0.05, 0) is 19.8 Å². The summed E-state index contributed by atoms with van der Waals surface area (Å²) in [7, 11) is 2.11. The van der Waals surface area contributed by atoms with E-state index in [1.165, 1.54) is 0 Å². The van der Waals surface area contributed by atoms with Gasteiger partial charge in [-0.2, -0.15) is 0 Å². The van der Waals surface area contributed by atoms with Crippen LogP contribution in [0, 0.1) is 0 Å². The molecule has 0 bridgehead atoms. The maximum atomic E-state index is 5.65. The molecule has 1 heterocycles. The molecule has 0 aromatic carbocycles.